The zero-order valence-corrected chi connectivity index (χ0v) is 12.1. The van der Waals surface area contributed by atoms with E-state index in [9.17, 15) is 18.5 Å². The molecule has 1 aromatic heterocycles. The van der Waals surface area contributed by atoms with Crippen molar-refractivity contribution in [2.75, 3.05) is 0 Å². The number of nitrogens with one attached hydrogen (secondary N) is 1. The molecule has 0 spiro atoms. The molecule has 1 aromatic rings. The summed E-state index contributed by atoms with van der Waals surface area (Å²) in [5.41, 5.74) is -0.423. The Labute approximate surface area is 118 Å². The van der Waals surface area contributed by atoms with Gasteiger partial charge in [-0.15, -0.1) is 11.3 Å². The van der Waals surface area contributed by atoms with E-state index >= 15 is 0 Å². The van der Waals surface area contributed by atoms with Gasteiger partial charge < -0.3 is 0 Å². The van der Waals surface area contributed by atoms with E-state index in [4.69, 9.17) is 16.4 Å². The highest BCUT2D eigenvalue weighted by Gasteiger charge is 2.27. The van der Waals surface area contributed by atoms with Crippen molar-refractivity contribution in [3.8, 4) is 0 Å². The average molecular weight is 327 g/mol. The summed E-state index contributed by atoms with van der Waals surface area (Å²) in [5, 5.41) is 10.6. The van der Waals surface area contributed by atoms with Gasteiger partial charge in [-0.3, -0.25) is 15.0 Å². The number of hydrogen-bond acceptors (Lipinski definition) is 6. The van der Waals surface area contributed by atoms with Gasteiger partial charge in [0.1, 0.15) is 4.21 Å². The highest BCUT2D eigenvalue weighted by Crippen LogP contribution is 2.36. The first-order valence-electron chi connectivity index (χ1n) is 5.51. The average Bonchev–Trinajstić information content (AvgIpc) is 2.95. The van der Waals surface area contributed by atoms with Crippen LogP contribution < -0.4 is 4.89 Å². The van der Waals surface area contributed by atoms with Gasteiger partial charge in [0, 0.05) is 6.07 Å². The van der Waals surface area contributed by atoms with Crippen molar-refractivity contribution < 1.29 is 18.2 Å². The van der Waals surface area contributed by atoms with Crippen LogP contribution >= 0.6 is 22.9 Å². The van der Waals surface area contributed by atoms with Crippen molar-refractivity contribution in [1.82, 2.24) is 4.89 Å². The van der Waals surface area contributed by atoms with Crippen molar-refractivity contribution in [3.63, 3.8) is 0 Å². The zero-order valence-electron chi connectivity index (χ0n) is 9.67. The maximum absolute atomic E-state index is 11.9. The fraction of sp³-hybridized carbons (Fsp3) is 0.556. The molecule has 7 nitrogen and oxygen atoms in total. The van der Waals surface area contributed by atoms with Crippen LogP contribution in [-0.4, -0.2) is 19.4 Å². The first kappa shape index (κ1) is 14.7. The van der Waals surface area contributed by atoms with Gasteiger partial charge in [0.25, 0.3) is 15.7 Å². The summed E-state index contributed by atoms with van der Waals surface area (Å²) in [7, 11) is -3.93. The van der Waals surface area contributed by atoms with Gasteiger partial charge in [-0.1, -0.05) is 29.3 Å². The van der Waals surface area contributed by atoms with Crippen LogP contribution in [0.25, 0.3) is 0 Å². The Morgan fingerprint density at radius 1 is 1.47 bits per heavy atom. The lowest BCUT2D eigenvalue weighted by Crippen LogP contribution is -2.27. The van der Waals surface area contributed by atoms with Crippen molar-refractivity contribution >= 4 is 38.6 Å². The van der Waals surface area contributed by atoms with E-state index in [1.807, 2.05) is 4.89 Å². The molecular weight excluding hydrogens is 316 g/mol. The minimum Gasteiger partial charge on any atom is -0.284 e. The highest BCUT2D eigenvalue weighted by molar-refractivity contribution is 7.91. The predicted octanol–water partition coefficient (Wildman–Crippen LogP) is 2.46. The van der Waals surface area contributed by atoms with Gasteiger partial charge in [0.05, 0.1) is 11.0 Å². The van der Waals surface area contributed by atoms with Gasteiger partial charge in [0.2, 0.25) is 0 Å². The SMILES string of the molecule is O=[N+]([O-])c1cc(S(=O)(=O)NOC2CCCC2)sc1Cl. The third-order valence-electron chi connectivity index (χ3n) is 2.73. The molecule has 0 radical (unpaired) electrons. The predicted molar refractivity (Wildman–Crippen MR) is 69.6 cm³/mol. The standard InChI is InChI=1S/C9H11ClN2O5S2/c10-9-7(12(13)14)5-8(18-9)19(15,16)11-17-6-3-1-2-4-6/h5-6,11H,1-4H2. The molecule has 19 heavy (non-hydrogen) atoms. The van der Waals surface area contributed by atoms with Crippen molar-refractivity contribution in [2.45, 2.75) is 36.0 Å². The molecular formula is C9H11ClN2O5S2. The Kier molecular flexibility index (Phi) is 4.41. The van der Waals surface area contributed by atoms with Crippen molar-refractivity contribution in [1.29, 1.82) is 0 Å². The summed E-state index contributed by atoms with van der Waals surface area (Å²) < 4.78 is 23.3. The molecule has 0 aromatic carbocycles. The van der Waals surface area contributed by atoms with E-state index < -0.39 is 20.6 Å². The molecule has 1 N–H and O–H groups in total. The number of nitrogens with zero attached hydrogens (tertiary/aromatic N) is 1. The molecule has 0 atom stereocenters. The number of halogens is 1. The van der Waals surface area contributed by atoms with E-state index in [0.717, 1.165) is 31.7 Å². The lowest BCUT2D eigenvalue weighted by atomic mass is 10.3. The largest absolute Gasteiger partial charge is 0.300 e. The van der Waals surface area contributed by atoms with Gasteiger partial charge in [0.15, 0.2) is 4.34 Å². The lowest BCUT2D eigenvalue weighted by Gasteiger charge is -2.10. The number of hydrogen-bond donors (Lipinski definition) is 1. The number of thiophene rings is 1. The first-order valence-corrected chi connectivity index (χ1v) is 8.19. The molecule has 10 heteroatoms. The molecule has 1 aliphatic carbocycles. The highest BCUT2D eigenvalue weighted by atomic mass is 35.5. The molecule has 1 saturated carbocycles. The molecule has 0 saturated heterocycles. The minimum atomic E-state index is -3.93. The Hall–Kier alpha value is -0.740. The number of sulfonamides is 1. The van der Waals surface area contributed by atoms with Crippen molar-refractivity contribution in [3.05, 3.63) is 20.5 Å². The van der Waals surface area contributed by atoms with Gasteiger partial charge >= 0.3 is 0 Å². The summed E-state index contributed by atoms with van der Waals surface area (Å²) in [6, 6.07) is 0.924. The van der Waals surface area contributed by atoms with Gasteiger partial charge in [-0.25, -0.2) is 8.42 Å². The molecule has 1 fully saturated rings. The maximum atomic E-state index is 11.9. The zero-order chi connectivity index (χ0) is 14.0. The molecule has 1 heterocycles. The van der Waals surface area contributed by atoms with Gasteiger partial charge in [-0.2, -0.15) is 0 Å². The molecule has 106 valence electrons. The van der Waals surface area contributed by atoms with Crippen LogP contribution in [0.4, 0.5) is 5.69 Å². The topological polar surface area (TPSA) is 98.5 Å². The third kappa shape index (κ3) is 3.42. The smallest absolute Gasteiger partial charge is 0.284 e. The Balaban J connectivity index is 2.10. The second-order valence-corrected chi connectivity index (χ2v) is 7.62. The van der Waals surface area contributed by atoms with Crippen LogP contribution in [0.2, 0.25) is 4.34 Å². The molecule has 0 unspecified atom stereocenters. The van der Waals surface area contributed by atoms with E-state index in [-0.39, 0.29) is 14.6 Å². The van der Waals surface area contributed by atoms with Crippen molar-refractivity contribution in [2.24, 2.45) is 0 Å². The molecule has 0 amide bonds. The van der Waals surface area contributed by atoms with Crippen LogP contribution in [0, 0.1) is 10.1 Å². The van der Waals surface area contributed by atoms with Crippen LogP contribution in [0.15, 0.2) is 10.3 Å². The van der Waals surface area contributed by atoms with Gasteiger partial charge in [-0.05, 0) is 12.8 Å². The van der Waals surface area contributed by atoms with Crippen LogP contribution in [0.5, 0.6) is 0 Å². The first-order chi connectivity index (χ1) is 8.90. The Morgan fingerprint density at radius 2 is 2.11 bits per heavy atom. The van der Waals surface area contributed by atoms with E-state index in [0.29, 0.717) is 11.3 Å². The molecule has 2 rings (SSSR count). The third-order valence-corrected chi connectivity index (χ3v) is 5.74. The van der Waals surface area contributed by atoms with E-state index in [1.165, 1.54) is 0 Å². The summed E-state index contributed by atoms with van der Waals surface area (Å²) in [6.45, 7) is 0. The van der Waals surface area contributed by atoms with Crippen LogP contribution in [0.3, 0.4) is 0 Å². The summed E-state index contributed by atoms with van der Waals surface area (Å²) in [4.78, 5) is 17.0. The summed E-state index contributed by atoms with van der Waals surface area (Å²) in [5.74, 6) is 0. The van der Waals surface area contributed by atoms with E-state index in [1.54, 1.807) is 0 Å². The van der Waals surface area contributed by atoms with Crippen LogP contribution in [0.1, 0.15) is 25.7 Å². The lowest BCUT2D eigenvalue weighted by molar-refractivity contribution is -0.384. The molecule has 0 aliphatic heterocycles. The molecule has 0 bridgehead atoms. The number of nitro groups is 1. The van der Waals surface area contributed by atoms with Crippen LogP contribution in [-0.2, 0) is 14.9 Å². The number of rotatable bonds is 5. The molecule has 1 aliphatic rings. The fourth-order valence-electron chi connectivity index (χ4n) is 1.77. The normalized spacial score (nSPS) is 16.9. The Bertz CT molecular complexity index is 579. The monoisotopic (exact) mass is 326 g/mol. The summed E-state index contributed by atoms with van der Waals surface area (Å²) in [6.07, 6.45) is 3.47. The van der Waals surface area contributed by atoms with E-state index in [2.05, 4.69) is 0 Å². The maximum Gasteiger partial charge on any atom is 0.300 e. The fourth-order valence-corrected chi connectivity index (χ4v) is 4.27. The quantitative estimate of drug-likeness (QED) is 0.662. The summed E-state index contributed by atoms with van der Waals surface area (Å²) >= 11 is 6.24. The Morgan fingerprint density at radius 3 is 2.63 bits per heavy atom. The minimum absolute atomic E-state index is 0.139. The second-order valence-electron chi connectivity index (χ2n) is 4.09. The second kappa shape index (κ2) is 5.71.